The molecule has 1 aromatic carbocycles. The fourth-order valence-corrected chi connectivity index (χ4v) is 3.14. The summed E-state index contributed by atoms with van der Waals surface area (Å²) >= 11 is 0. The van der Waals surface area contributed by atoms with Crippen LogP contribution in [0.2, 0.25) is 0 Å². The minimum Gasteiger partial charge on any atom is -0.294 e. The van der Waals surface area contributed by atoms with Gasteiger partial charge in [0.25, 0.3) is 5.56 Å². The molecule has 0 aliphatic rings. The van der Waals surface area contributed by atoms with E-state index in [4.69, 9.17) is 0 Å². The van der Waals surface area contributed by atoms with Gasteiger partial charge in [-0.3, -0.25) is 18.7 Å². The van der Waals surface area contributed by atoms with Crippen molar-refractivity contribution in [1.82, 2.24) is 14.1 Å². The van der Waals surface area contributed by atoms with Gasteiger partial charge in [0.05, 0.1) is 11.1 Å². The molecule has 25 heavy (non-hydrogen) atoms. The molecular formula is C19H19N3O3. The highest BCUT2D eigenvalue weighted by Crippen LogP contribution is 2.31. The van der Waals surface area contributed by atoms with Gasteiger partial charge in [-0.2, -0.15) is 0 Å². The van der Waals surface area contributed by atoms with Crippen LogP contribution in [0.25, 0.3) is 22.2 Å². The van der Waals surface area contributed by atoms with Crippen molar-refractivity contribution in [3.8, 4) is 11.1 Å². The number of hydrogen-bond acceptors (Lipinski definition) is 4. The van der Waals surface area contributed by atoms with Crippen molar-refractivity contribution in [2.24, 2.45) is 14.1 Å². The predicted octanol–water partition coefficient (Wildman–Crippen LogP) is 2.12. The monoisotopic (exact) mass is 337 g/mol. The second-order valence-corrected chi connectivity index (χ2v) is 6.27. The summed E-state index contributed by atoms with van der Waals surface area (Å²) in [6.45, 7) is 5.14. The van der Waals surface area contributed by atoms with Gasteiger partial charge in [0, 0.05) is 25.2 Å². The zero-order valence-corrected chi connectivity index (χ0v) is 14.9. The largest absolute Gasteiger partial charge is 0.332 e. The molecule has 0 N–H and O–H groups in total. The molecule has 2 heterocycles. The van der Waals surface area contributed by atoms with Crippen LogP contribution in [0.4, 0.5) is 0 Å². The Kier molecular flexibility index (Phi) is 3.91. The van der Waals surface area contributed by atoms with Crippen LogP contribution in [0.3, 0.4) is 0 Å². The summed E-state index contributed by atoms with van der Waals surface area (Å²) in [7, 11) is 3.00. The fourth-order valence-electron chi connectivity index (χ4n) is 3.14. The lowest BCUT2D eigenvalue weighted by Crippen LogP contribution is -2.38. The second kappa shape index (κ2) is 5.81. The molecule has 0 fully saturated rings. The first kappa shape index (κ1) is 16.8. The Morgan fingerprint density at radius 3 is 2.16 bits per heavy atom. The van der Waals surface area contributed by atoms with Crippen LogP contribution in [0.1, 0.15) is 28.5 Å². The van der Waals surface area contributed by atoms with Crippen LogP contribution >= 0.6 is 0 Å². The summed E-state index contributed by atoms with van der Waals surface area (Å²) in [5.74, 6) is -0.168. The first-order chi connectivity index (χ1) is 11.7. The van der Waals surface area contributed by atoms with E-state index in [1.165, 1.54) is 18.5 Å². The topological polar surface area (TPSA) is 74.0 Å². The molecule has 0 spiro atoms. The Balaban J connectivity index is 2.66. The van der Waals surface area contributed by atoms with Crippen molar-refractivity contribution in [1.29, 1.82) is 0 Å². The molecule has 2 aromatic heterocycles. The standard InChI is InChI=1S/C19H19N3O3/c1-10-6-8-13(9-7-10)15-14(12(3)23)11(2)20-17-16(15)18(24)22(5)19(25)21(17)4/h6-9H,1-5H3. The molecule has 6 nitrogen and oxygen atoms in total. The van der Waals surface area contributed by atoms with E-state index in [-0.39, 0.29) is 16.8 Å². The highest BCUT2D eigenvalue weighted by atomic mass is 16.2. The van der Waals surface area contributed by atoms with Gasteiger partial charge in [-0.05, 0) is 26.3 Å². The molecule has 0 saturated carbocycles. The first-order valence-electron chi connectivity index (χ1n) is 7.92. The van der Waals surface area contributed by atoms with Gasteiger partial charge in [0.15, 0.2) is 5.78 Å². The van der Waals surface area contributed by atoms with Crippen molar-refractivity contribution >= 4 is 16.8 Å². The fraction of sp³-hybridized carbons (Fsp3) is 0.263. The molecule has 0 bridgehead atoms. The Labute approximate surface area is 144 Å². The summed E-state index contributed by atoms with van der Waals surface area (Å²) in [4.78, 5) is 41.8. The molecule has 0 atom stereocenters. The summed E-state index contributed by atoms with van der Waals surface area (Å²) in [5, 5.41) is 0.282. The lowest BCUT2D eigenvalue weighted by Gasteiger charge is -2.16. The molecule has 3 rings (SSSR count). The number of pyridine rings is 1. The normalized spacial score (nSPS) is 11.1. The van der Waals surface area contributed by atoms with Crippen molar-refractivity contribution in [3.63, 3.8) is 0 Å². The zero-order valence-electron chi connectivity index (χ0n) is 14.9. The van der Waals surface area contributed by atoms with Crippen LogP contribution in [0, 0.1) is 13.8 Å². The Morgan fingerprint density at radius 2 is 1.60 bits per heavy atom. The van der Waals surface area contributed by atoms with E-state index < -0.39 is 11.2 Å². The summed E-state index contributed by atoms with van der Waals surface area (Å²) in [6, 6.07) is 7.60. The number of hydrogen-bond donors (Lipinski definition) is 0. The predicted molar refractivity (Wildman–Crippen MR) is 97.1 cm³/mol. The molecule has 0 radical (unpaired) electrons. The molecule has 0 amide bonds. The van der Waals surface area contributed by atoms with Gasteiger partial charge in [-0.1, -0.05) is 29.8 Å². The van der Waals surface area contributed by atoms with E-state index in [9.17, 15) is 14.4 Å². The highest BCUT2D eigenvalue weighted by Gasteiger charge is 2.22. The van der Waals surface area contributed by atoms with Gasteiger partial charge in [0.1, 0.15) is 5.65 Å². The van der Waals surface area contributed by atoms with Crippen molar-refractivity contribution in [2.75, 3.05) is 0 Å². The Hall–Kier alpha value is -3.02. The van der Waals surface area contributed by atoms with Crippen LogP contribution in [0.5, 0.6) is 0 Å². The number of fused-ring (bicyclic) bond motifs is 1. The van der Waals surface area contributed by atoms with Crippen LogP contribution in [-0.2, 0) is 14.1 Å². The van der Waals surface area contributed by atoms with E-state index in [1.807, 2.05) is 31.2 Å². The molecule has 0 saturated heterocycles. The molecular weight excluding hydrogens is 318 g/mol. The van der Waals surface area contributed by atoms with Gasteiger partial charge >= 0.3 is 5.69 Å². The second-order valence-electron chi connectivity index (χ2n) is 6.27. The number of carbonyl (C=O) groups excluding carboxylic acids is 1. The average molecular weight is 337 g/mol. The smallest absolute Gasteiger partial charge is 0.294 e. The van der Waals surface area contributed by atoms with E-state index in [1.54, 1.807) is 14.0 Å². The third kappa shape index (κ3) is 2.50. The van der Waals surface area contributed by atoms with Gasteiger partial charge < -0.3 is 0 Å². The first-order valence-corrected chi connectivity index (χ1v) is 7.92. The third-order valence-electron chi connectivity index (χ3n) is 4.46. The molecule has 3 aromatic rings. The molecule has 128 valence electrons. The van der Waals surface area contributed by atoms with Crippen LogP contribution < -0.4 is 11.2 Å². The number of Topliss-reactive ketones (excluding diaryl/α,β-unsaturated/α-hetero) is 1. The lowest BCUT2D eigenvalue weighted by atomic mass is 9.93. The molecule has 6 heteroatoms. The Bertz CT molecular complexity index is 1140. The van der Waals surface area contributed by atoms with E-state index >= 15 is 0 Å². The van der Waals surface area contributed by atoms with E-state index in [0.717, 1.165) is 15.7 Å². The third-order valence-corrected chi connectivity index (χ3v) is 4.46. The van der Waals surface area contributed by atoms with E-state index in [0.29, 0.717) is 16.8 Å². The highest BCUT2D eigenvalue weighted by molar-refractivity contribution is 6.09. The molecule has 0 aliphatic heterocycles. The van der Waals surface area contributed by atoms with Gasteiger partial charge in [-0.25, -0.2) is 9.78 Å². The number of carbonyl (C=O) groups is 1. The van der Waals surface area contributed by atoms with Crippen molar-refractivity contribution in [3.05, 3.63) is 61.9 Å². The van der Waals surface area contributed by atoms with Crippen LogP contribution in [0.15, 0.2) is 33.9 Å². The van der Waals surface area contributed by atoms with Crippen molar-refractivity contribution in [2.45, 2.75) is 20.8 Å². The van der Waals surface area contributed by atoms with Crippen molar-refractivity contribution < 1.29 is 4.79 Å². The number of rotatable bonds is 2. The Morgan fingerprint density at radius 1 is 1.00 bits per heavy atom. The summed E-state index contributed by atoms with van der Waals surface area (Å²) < 4.78 is 2.38. The number of ketones is 1. The number of nitrogens with zero attached hydrogens (tertiary/aromatic N) is 3. The maximum Gasteiger partial charge on any atom is 0.332 e. The minimum absolute atomic E-state index is 0.168. The lowest BCUT2D eigenvalue weighted by molar-refractivity contribution is 0.101. The van der Waals surface area contributed by atoms with E-state index in [2.05, 4.69) is 4.98 Å². The quantitative estimate of drug-likeness (QED) is 0.671. The van der Waals surface area contributed by atoms with Gasteiger partial charge in [-0.15, -0.1) is 0 Å². The summed E-state index contributed by atoms with van der Waals surface area (Å²) in [5.41, 5.74) is 2.65. The van der Waals surface area contributed by atoms with Gasteiger partial charge in [0.2, 0.25) is 0 Å². The minimum atomic E-state index is -0.455. The zero-order chi connectivity index (χ0) is 18.5. The number of aryl methyl sites for hydroxylation is 3. The SMILES string of the molecule is CC(=O)c1c(C)nc2c(c1-c1ccc(C)cc1)c(=O)n(C)c(=O)n2C. The molecule has 0 aliphatic carbocycles. The molecule has 0 unspecified atom stereocenters. The summed E-state index contributed by atoms with van der Waals surface area (Å²) in [6.07, 6.45) is 0. The number of benzene rings is 1. The average Bonchev–Trinajstić information content (AvgIpc) is 2.57. The number of aromatic nitrogens is 3. The van der Waals surface area contributed by atoms with Crippen LogP contribution in [-0.4, -0.2) is 19.9 Å². The maximum absolute atomic E-state index is 12.8. The maximum atomic E-state index is 12.8.